The third-order valence-corrected chi connectivity index (χ3v) is 12.0. The fourth-order valence-electron chi connectivity index (χ4n) is 8.55. The van der Waals surface area contributed by atoms with Gasteiger partial charge in [0, 0.05) is 27.0 Å². The van der Waals surface area contributed by atoms with E-state index in [-0.39, 0.29) is 16.6 Å². The molecule has 6 aromatic carbocycles. The van der Waals surface area contributed by atoms with Crippen molar-refractivity contribution in [2.24, 2.45) is 0 Å². The molecule has 1 aliphatic rings. The molecule has 4 nitrogen and oxygen atoms in total. The minimum Gasteiger partial charge on any atom is -0.507 e. The second kappa shape index (κ2) is 14.8. The van der Waals surface area contributed by atoms with Crippen LogP contribution in [0.4, 0.5) is 0 Å². The summed E-state index contributed by atoms with van der Waals surface area (Å²) < 4.78 is 25.7. The van der Waals surface area contributed by atoms with E-state index in [1.807, 2.05) is 30.5 Å². The SMILES string of the molecule is [2H]C([2H])([2H])c1ccc(-c2ccnc(-c3cc(-c4cccc5c4nc(-c4cc6c(cc4O)CCCC6)n5-c4ccc(C(C)(C)C)cc4-c4ccccc4)cc(C(C)(C)C)c3)c2)cc1. The van der Waals surface area contributed by atoms with E-state index in [0.29, 0.717) is 11.4 Å². The maximum absolute atomic E-state index is 11.9. The molecule has 9 rings (SSSR count). The van der Waals surface area contributed by atoms with Crippen molar-refractivity contribution in [3.05, 3.63) is 167 Å². The van der Waals surface area contributed by atoms with Crippen LogP contribution in [0.25, 0.3) is 72.7 Å². The molecule has 4 heteroatoms. The highest BCUT2D eigenvalue weighted by Crippen LogP contribution is 2.43. The van der Waals surface area contributed by atoms with Crippen LogP contribution in [0.5, 0.6) is 5.75 Å². The van der Waals surface area contributed by atoms with Crippen molar-refractivity contribution in [1.29, 1.82) is 0 Å². The van der Waals surface area contributed by atoms with E-state index in [2.05, 4.69) is 143 Å². The molecule has 0 fully saturated rings. The molecule has 294 valence electrons. The van der Waals surface area contributed by atoms with E-state index in [1.54, 1.807) is 12.1 Å². The average Bonchev–Trinajstić information content (AvgIpc) is 3.64. The molecule has 0 aliphatic heterocycles. The van der Waals surface area contributed by atoms with Gasteiger partial charge in [-0.05, 0) is 142 Å². The van der Waals surface area contributed by atoms with Crippen molar-refractivity contribution < 1.29 is 9.22 Å². The van der Waals surface area contributed by atoms with Crippen LogP contribution in [0, 0.1) is 6.85 Å². The van der Waals surface area contributed by atoms with E-state index >= 15 is 0 Å². The van der Waals surface area contributed by atoms with Gasteiger partial charge >= 0.3 is 0 Å². The van der Waals surface area contributed by atoms with Crippen LogP contribution < -0.4 is 0 Å². The zero-order valence-electron chi connectivity index (χ0n) is 37.9. The first-order valence-electron chi connectivity index (χ1n) is 22.3. The fraction of sp³-hybridized carbons (Fsp3) is 0.236. The van der Waals surface area contributed by atoms with Gasteiger partial charge < -0.3 is 5.11 Å². The van der Waals surface area contributed by atoms with Gasteiger partial charge in [0.2, 0.25) is 0 Å². The lowest BCUT2D eigenvalue weighted by molar-refractivity contribution is 0.474. The van der Waals surface area contributed by atoms with Crippen LogP contribution in [0.1, 0.15) is 86.3 Å². The molecule has 8 aromatic rings. The number of para-hydroxylation sites is 1. The maximum Gasteiger partial charge on any atom is 0.149 e. The number of aromatic nitrogens is 3. The van der Waals surface area contributed by atoms with Gasteiger partial charge in [0.1, 0.15) is 11.6 Å². The number of hydrogen-bond acceptors (Lipinski definition) is 3. The molecular weight excluding hydrogens is 719 g/mol. The summed E-state index contributed by atoms with van der Waals surface area (Å²) in [5.41, 5.74) is 16.3. The van der Waals surface area contributed by atoms with Crippen LogP contribution in [0.3, 0.4) is 0 Å². The summed E-state index contributed by atoms with van der Waals surface area (Å²) in [5, 5.41) is 11.9. The molecular formula is C55H53N3O. The first-order chi connectivity index (χ1) is 29.5. The number of benzene rings is 6. The number of imidazole rings is 1. The van der Waals surface area contributed by atoms with E-state index < -0.39 is 6.85 Å². The van der Waals surface area contributed by atoms with Crippen molar-refractivity contribution in [2.45, 2.75) is 84.9 Å². The van der Waals surface area contributed by atoms with Gasteiger partial charge in [-0.3, -0.25) is 9.55 Å². The molecule has 2 aromatic heterocycles. The van der Waals surface area contributed by atoms with Gasteiger partial charge in [0.25, 0.3) is 0 Å². The first-order valence-corrected chi connectivity index (χ1v) is 20.8. The zero-order chi connectivity index (χ0) is 43.6. The first kappa shape index (κ1) is 34.8. The highest BCUT2D eigenvalue weighted by atomic mass is 16.3. The maximum atomic E-state index is 11.9. The van der Waals surface area contributed by atoms with Crippen molar-refractivity contribution in [2.75, 3.05) is 0 Å². The van der Waals surface area contributed by atoms with E-state index in [4.69, 9.17) is 14.1 Å². The lowest BCUT2D eigenvalue weighted by Gasteiger charge is -2.23. The Morgan fingerprint density at radius 2 is 1.31 bits per heavy atom. The van der Waals surface area contributed by atoms with Crippen molar-refractivity contribution in [1.82, 2.24) is 14.5 Å². The second-order valence-electron chi connectivity index (χ2n) is 18.2. The van der Waals surface area contributed by atoms with Gasteiger partial charge in [0.15, 0.2) is 0 Å². The predicted molar refractivity (Wildman–Crippen MR) is 246 cm³/mol. The van der Waals surface area contributed by atoms with Crippen LogP contribution >= 0.6 is 0 Å². The van der Waals surface area contributed by atoms with Crippen LogP contribution in [-0.2, 0) is 23.7 Å². The fourth-order valence-corrected chi connectivity index (χ4v) is 8.55. The summed E-state index contributed by atoms with van der Waals surface area (Å²) in [4.78, 5) is 10.5. The molecule has 0 atom stereocenters. The molecule has 0 saturated heterocycles. The Bertz CT molecular complexity index is 2970. The molecule has 0 radical (unpaired) electrons. The third-order valence-electron chi connectivity index (χ3n) is 12.0. The number of fused-ring (bicyclic) bond motifs is 2. The number of rotatable bonds is 6. The second-order valence-corrected chi connectivity index (χ2v) is 18.2. The van der Waals surface area contributed by atoms with Gasteiger partial charge in [-0.1, -0.05) is 126 Å². The number of aryl methyl sites for hydroxylation is 3. The molecule has 1 aliphatic carbocycles. The van der Waals surface area contributed by atoms with E-state index in [0.717, 1.165) is 98.2 Å². The monoisotopic (exact) mass is 774 g/mol. The van der Waals surface area contributed by atoms with Gasteiger partial charge in [-0.25, -0.2) is 4.98 Å². The summed E-state index contributed by atoms with van der Waals surface area (Å²) in [6.07, 6.45) is 6.03. The van der Waals surface area contributed by atoms with Crippen molar-refractivity contribution >= 4 is 11.0 Å². The largest absolute Gasteiger partial charge is 0.507 e. The third kappa shape index (κ3) is 7.38. The summed E-state index contributed by atoms with van der Waals surface area (Å²) in [6.45, 7) is 11.3. The predicted octanol–water partition coefficient (Wildman–Crippen LogP) is 14.2. The molecule has 2 heterocycles. The normalized spacial score (nSPS) is 14.1. The van der Waals surface area contributed by atoms with Gasteiger partial charge in [0.05, 0.1) is 28.0 Å². The summed E-state index contributed by atoms with van der Waals surface area (Å²) in [7, 11) is 0. The van der Waals surface area contributed by atoms with E-state index in [9.17, 15) is 5.11 Å². The van der Waals surface area contributed by atoms with Crippen LogP contribution in [0.15, 0.2) is 140 Å². The Hall–Kier alpha value is -6.26. The quantitative estimate of drug-likeness (QED) is 0.183. The smallest absolute Gasteiger partial charge is 0.149 e. The highest BCUT2D eigenvalue weighted by Gasteiger charge is 2.26. The summed E-state index contributed by atoms with van der Waals surface area (Å²) in [5.74, 6) is 0.942. The summed E-state index contributed by atoms with van der Waals surface area (Å²) >= 11 is 0. The number of phenolic OH excluding ortho intramolecular Hbond substituents is 1. The molecule has 0 unspecified atom stereocenters. The lowest BCUT2D eigenvalue weighted by Crippen LogP contribution is -2.12. The average molecular weight is 775 g/mol. The topological polar surface area (TPSA) is 50.9 Å². The molecule has 0 amide bonds. The van der Waals surface area contributed by atoms with E-state index in [1.165, 1.54) is 16.7 Å². The molecule has 1 N–H and O–H groups in total. The minimum atomic E-state index is -2.16. The van der Waals surface area contributed by atoms with Gasteiger partial charge in [-0.2, -0.15) is 0 Å². The molecule has 59 heavy (non-hydrogen) atoms. The highest BCUT2D eigenvalue weighted by molar-refractivity contribution is 5.98. The van der Waals surface area contributed by atoms with Crippen LogP contribution in [-0.4, -0.2) is 19.6 Å². The van der Waals surface area contributed by atoms with Crippen LogP contribution in [0.2, 0.25) is 0 Å². The number of pyridine rings is 1. The standard InChI is InChI=1S/C55H53N3O/c1-35-20-22-36(23-21-35)40-26-27-56-48(32-40)42-28-41(29-44(30-42)55(5,6)7)45-18-13-19-50-52(45)57-53(47-31-38-16-11-12-17-39(38)33-51(47)59)58(50)49-25-24-43(54(2,3)4)34-46(49)37-14-9-8-10-15-37/h8-10,13-15,18-34,59H,11-12,16-17H2,1-7H3/i1D3. The molecule has 0 bridgehead atoms. The Labute approximate surface area is 353 Å². The lowest BCUT2D eigenvalue weighted by atomic mass is 9.83. The van der Waals surface area contributed by atoms with Crippen molar-refractivity contribution in [3.63, 3.8) is 0 Å². The molecule has 0 spiro atoms. The number of phenols is 1. The minimum absolute atomic E-state index is 0.0692. The van der Waals surface area contributed by atoms with Crippen molar-refractivity contribution in [3.8, 4) is 67.5 Å². The Kier molecular flexibility index (Phi) is 8.74. The Balaban J connectivity index is 1.28. The number of aromatic hydroxyl groups is 1. The van der Waals surface area contributed by atoms with Gasteiger partial charge in [-0.15, -0.1) is 0 Å². The Morgan fingerprint density at radius 3 is 2.03 bits per heavy atom. The molecule has 0 saturated carbocycles. The Morgan fingerprint density at radius 1 is 0.576 bits per heavy atom. The zero-order valence-corrected chi connectivity index (χ0v) is 34.9. The summed E-state index contributed by atoms with van der Waals surface area (Å²) in [6, 6.07) is 45.7. The number of hydrogen-bond donors (Lipinski definition) is 1. The number of nitrogens with zero attached hydrogens (tertiary/aromatic N) is 3.